The molecular formula is C20H24N4O6. The Balaban J connectivity index is 1.77. The summed E-state index contributed by atoms with van der Waals surface area (Å²) in [6, 6.07) is 6.92. The minimum atomic E-state index is -0.653. The number of benzene rings is 1. The van der Waals surface area contributed by atoms with Gasteiger partial charge in [0, 0.05) is 6.54 Å². The van der Waals surface area contributed by atoms with Crippen LogP contribution >= 0.6 is 0 Å². The van der Waals surface area contributed by atoms with Gasteiger partial charge in [-0.15, -0.1) is 0 Å². The first kappa shape index (κ1) is 21.3. The molecule has 0 saturated carbocycles. The maximum Gasteiger partial charge on any atom is 0.410 e. The van der Waals surface area contributed by atoms with Crippen LogP contribution in [-0.4, -0.2) is 45.1 Å². The lowest BCUT2D eigenvalue weighted by atomic mass is 10.0. The Morgan fingerprint density at radius 1 is 1.20 bits per heavy atom. The second-order valence-corrected chi connectivity index (χ2v) is 7.80. The zero-order valence-electron chi connectivity index (χ0n) is 17.3. The van der Waals surface area contributed by atoms with Gasteiger partial charge in [-0.05, 0) is 51.3 Å². The van der Waals surface area contributed by atoms with E-state index in [1.165, 1.54) is 7.11 Å². The van der Waals surface area contributed by atoms with Gasteiger partial charge in [0.05, 0.1) is 18.1 Å². The fourth-order valence-electron chi connectivity index (χ4n) is 3.25. The fourth-order valence-corrected chi connectivity index (χ4v) is 3.25. The molecule has 10 nitrogen and oxygen atoms in total. The average Bonchev–Trinajstić information content (AvgIpc) is 3.17. The monoisotopic (exact) mass is 416 g/mol. The third kappa shape index (κ3) is 4.76. The predicted molar refractivity (Wildman–Crippen MR) is 107 cm³/mol. The molecule has 0 aliphatic carbocycles. The van der Waals surface area contributed by atoms with Crippen molar-refractivity contribution >= 4 is 11.8 Å². The Labute approximate surface area is 173 Å². The number of likely N-dealkylation sites (tertiary alicyclic amines) is 1. The Morgan fingerprint density at radius 2 is 1.87 bits per heavy atom. The highest BCUT2D eigenvalue weighted by atomic mass is 16.6. The van der Waals surface area contributed by atoms with Crippen molar-refractivity contribution in [3.8, 4) is 17.5 Å². The summed E-state index contributed by atoms with van der Waals surface area (Å²) in [6.45, 7) is 6.14. The Kier molecular flexibility index (Phi) is 6.04. The van der Waals surface area contributed by atoms with Crippen LogP contribution in [-0.2, 0) is 4.74 Å². The van der Waals surface area contributed by atoms with Gasteiger partial charge in [-0.2, -0.15) is 9.97 Å². The maximum absolute atomic E-state index is 12.5. The van der Waals surface area contributed by atoms with Gasteiger partial charge in [0.2, 0.25) is 0 Å². The summed E-state index contributed by atoms with van der Waals surface area (Å²) in [6.07, 6.45) is 2.50. The van der Waals surface area contributed by atoms with Crippen LogP contribution in [0.15, 0.2) is 30.6 Å². The van der Waals surface area contributed by atoms with Crippen LogP contribution in [0.4, 0.5) is 10.5 Å². The highest BCUT2D eigenvalue weighted by Gasteiger charge is 2.33. The molecule has 30 heavy (non-hydrogen) atoms. The molecule has 1 atom stereocenters. The molecule has 1 aliphatic heterocycles. The molecule has 10 heteroatoms. The topological polar surface area (TPSA) is 117 Å². The molecule has 1 amide bonds. The van der Waals surface area contributed by atoms with Crippen molar-refractivity contribution < 1.29 is 23.9 Å². The van der Waals surface area contributed by atoms with Crippen molar-refractivity contribution in [2.75, 3.05) is 13.7 Å². The van der Waals surface area contributed by atoms with Gasteiger partial charge in [0.1, 0.15) is 17.7 Å². The number of amides is 1. The molecule has 0 spiro atoms. The molecule has 1 aromatic carbocycles. The van der Waals surface area contributed by atoms with Crippen LogP contribution in [0.25, 0.3) is 0 Å². The van der Waals surface area contributed by atoms with E-state index in [9.17, 15) is 14.9 Å². The van der Waals surface area contributed by atoms with Crippen molar-refractivity contribution in [2.24, 2.45) is 0 Å². The summed E-state index contributed by atoms with van der Waals surface area (Å²) in [7, 11) is 1.28. The number of hydrogen-bond acceptors (Lipinski definition) is 8. The molecule has 1 saturated heterocycles. The van der Waals surface area contributed by atoms with Crippen LogP contribution in [0.5, 0.6) is 17.5 Å². The van der Waals surface area contributed by atoms with Crippen LogP contribution in [0.1, 0.15) is 45.2 Å². The number of rotatable bonds is 5. The standard InChI is InChI=1S/C20H24N4O6/c1-20(2,3)30-19(25)23-11-5-6-15(23)13-7-9-14(10-8-13)29-18-16(24(26)27)17(28-4)21-12-22-18/h7-10,12,15H,5-6,11H2,1-4H3/t15-/m0/s1. The summed E-state index contributed by atoms with van der Waals surface area (Å²) in [5.74, 6) is -0.0270. The molecule has 2 aromatic rings. The van der Waals surface area contributed by atoms with Crippen molar-refractivity contribution in [3.63, 3.8) is 0 Å². The highest BCUT2D eigenvalue weighted by molar-refractivity contribution is 5.69. The Morgan fingerprint density at radius 3 is 2.47 bits per heavy atom. The lowest BCUT2D eigenvalue weighted by Crippen LogP contribution is -2.36. The highest BCUT2D eigenvalue weighted by Crippen LogP contribution is 2.37. The van der Waals surface area contributed by atoms with Crippen LogP contribution in [0.3, 0.4) is 0 Å². The van der Waals surface area contributed by atoms with E-state index in [0.717, 1.165) is 24.7 Å². The van der Waals surface area contributed by atoms with Gasteiger partial charge < -0.3 is 19.1 Å². The Hall–Kier alpha value is -3.43. The number of hydrogen-bond donors (Lipinski definition) is 0. The van der Waals surface area contributed by atoms with Crippen LogP contribution < -0.4 is 9.47 Å². The van der Waals surface area contributed by atoms with Crippen LogP contribution in [0.2, 0.25) is 0 Å². The van der Waals surface area contributed by atoms with Gasteiger partial charge >= 0.3 is 23.5 Å². The summed E-state index contributed by atoms with van der Waals surface area (Å²) >= 11 is 0. The lowest BCUT2D eigenvalue weighted by Gasteiger charge is -2.28. The van der Waals surface area contributed by atoms with Gasteiger partial charge in [-0.1, -0.05) is 12.1 Å². The zero-order valence-corrected chi connectivity index (χ0v) is 17.3. The molecule has 0 bridgehead atoms. The minimum Gasteiger partial charge on any atom is -0.476 e. The number of carbonyl (C=O) groups excluding carboxylic acids is 1. The lowest BCUT2D eigenvalue weighted by molar-refractivity contribution is -0.387. The summed E-state index contributed by atoms with van der Waals surface area (Å²) in [4.78, 5) is 32.5. The van der Waals surface area contributed by atoms with E-state index in [1.807, 2.05) is 32.9 Å². The predicted octanol–water partition coefficient (Wildman–Crippen LogP) is 4.26. The smallest absolute Gasteiger partial charge is 0.410 e. The first-order chi connectivity index (χ1) is 14.2. The average molecular weight is 416 g/mol. The van der Waals surface area contributed by atoms with E-state index in [2.05, 4.69) is 9.97 Å². The molecule has 0 radical (unpaired) electrons. The zero-order chi connectivity index (χ0) is 21.9. The van der Waals surface area contributed by atoms with Gasteiger partial charge in [-0.25, -0.2) is 4.79 Å². The van der Waals surface area contributed by atoms with Gasteiger partial charge in [-0.3, -0.25) is 10.1 Å². The number of aromatic nitrogens is 2. The molecule has 1 aromatic heterocycles. The van der Waals surface area contributed by atoms with Crippen molar-refractivity contribution in [2.45, 2.75) is 45.3 Å². The molecule has 1 aliphatic rings. The first-order valence-corrected chi connectivity index (χ1v) is 9.50. The van der Waals surface area contributed by atoms with E-state index in [4.69, 9.17) is 14.2 Å². The molecule has 3 rings (SSSR count). The number of nitro groups is 1. The van der Waals surface area contributed by atoms with Crippen molar-refractivity contribution in [3.05, 3.63) is 46.3 Å². The van der Waals surface area contributed by atoms with Crippen molar-refractivity contribution in [1.29, 1.82) is 0 Å². The molecule has 160 valence electrons. The number of methoxy groups -OCH3 is 1. The second kappa shape index (κ2) is 8.52. The van der Waals surface area contributed by atoms with E-state index >= 15 is 0 Å². The quantitative estimate of drug-likeness (QED) is 0.524. The SMILES string of the molecule is COc1ncnc(Oc2ccc([C@@H]3CCCN3C(=O)OC(C)(C)C)cc2)c1[N+](=O)[O-]. The molecular weight excluding hydrogens is 392 g/mol. The molecule has 0 N–H and O–H groups in total. The third-order valence-corrected chi connectivity index (χ3v) is 4.49. The normalized spacial score (nSPS) is 16.3. The summed E-state index contributed by atoms with van der Waals surface area (Å²) in [5, 5.41) is 11.3. The third-order valence-electron chi connectivity index (χ3n) is 4.49. The van der Waals surface area contributed by atoms with Gasteiger partial charge in [0.15, 0.2) is 0 Å². The van der Waals surface area contributed by atoms with Crippen LogP contribution in [0, 0.1) is 10.1 Å². The molecule has 1 fully saturated rings. The summed E-state index contributed by atoms with van der Waals surface area (Å²) < 4.78 is 16.0. The minimum absolute atomic E-state index is 0.0950. The van der Waals surface area contributed by atoms with E-state index < -0.39 is 16.2 Å². The largest absolute Gasteiger partial charge is 0.476 e. The second-order valence-electron chi connectivity index (χ2n) is 7.80. The summed E-state index contributed by atoms with van der Waals surface area (Å²) in [5.41, 5.74) is -0.0775. The van der Waals surface area contributed by atoms with E-state index in [1.54, 1.807) is 17.0 Å². The molecule has 0 unspecified atom stereocenters. The van der Waals surface area contributed by atoms with E-state index in [-0.39, 0.29) is 23.9 Å². The number of nitrogens with zero attached hydrogens (tertiary/aromatic N) is 4. The van der Waals surface area contributed by atoms with Gasteiger partial charge in [0.25, 0.3) is 0 Å². The van der Waals surface area contributed by atoms with E-state index in [0.29, 0.717) is 12.3 Å². The molecule has 2 heterocycles. The maximum atomic E-state index is 12.5. The number of ether oxygens (including phenoxy) is 3. The first-order valence-electron chi connectivity index (χ1n) is 9.50. The fraction of sp³-hybridized carbons (Fsp3) is 0.450. The Bertz CT molecular complexity index is 926. The van der Waals surface area contributed by atoms with Crippen molar-refractivity contribution in [1.82, 2.24) is 14.9 Å². The number of carbonyl (C=O) groups is 1.